The third kappa shape index (κ3) is 3.91. The molecule has 0 aliphatic carbocycles. The summed E-state index contributed by atoms with van der Waals surface area (Å²) in [5.41, 5.74) is 6.83. The fraction of sp³-hybridized carbons (Fsp3) is 0.417. The Morgan fingerprint density at radius 2 is 2.35 bits per heavy atom. The Morgan fingerprint density at radius 1 is 1.53 bits per heavy atom. The van der Waals surface area contributed by atoms with Crippen LogP contribution in [0.3, 0.4) is 0 Å². The van der Waals surface area contributed by atoms with Gasteiger partial charge in [0.25, 0.3) is 5.91 Å². The van der Waals surface area contributed by atoms with Crippen LogP contribution < -0.4 is 11.1 Å². The summed E-state index contributed by atoms with van der Waals surface area (Å²) in [5.74, 6) is 0.379. The maximum absolute atomic E-state index is 11.7. The number of hydrogen-bond donors (Lipinski definition) is 2. The molecule has 1 heterocycles. The number of carbonyl (C=O) groups excluding carboxylic acids is 1. The second-order valence-electron chi connectivity index (χ2n) is 4.07. The van der Waals surface area contributed by atoms with Gasteiger partial charge in [-0.25, -0.2) is 0 Å². The van der Waals surface area contributed by atoms with Crippen molar-refractivity contribution in [3.05, 3.63) is 29.8 Å². The van der Waals surface area contributed by atoms with Gasteiger partial charge in [-0.15, -0.1) is 12.4 Å². The van der Waals surface area contributed by atoms with Gasteiger partial charge in [-0.05, 0) is 24.6 Å². The zero-order valence-electron chi connectivity index (χ0n) is 9.52. The average Bonchev–Trinajstić information content (AvgIpc) is 2.78. The van der Waals surface area contributed by atoms with Gasteiger partial charge < -0.3 is 15.8 Å². The third-order valence-corrected chi connectivity index (χ3v) is 2.72. The van der Waals surface area contributed by atoms with Crippen LogP contribution in [-0.4, -0.2) is 25.7 Å². The van der Waals surface area contributed by atoms with Crippen LogP contribution in [0.15, 0.2) is 24.3 Å². The SMILES string of the molecule is Cl.Nc1cccc(C(=O)NCC2CCOC2)c1. The van der Waals surface area contributed by atoms with Crippen molar-refractivity contribution in [3.8, 4) is 0 Å². The van der Waals surface area contributed by atoms with Crippen molar-refractivity contribution in [3.63, 3.8) is 0 Å². The highest BCUT2D eigenvalue weighted by molar-refractivity contribution is 5.94. The van der Waals surface area contributed by atoms with Crippen LogP contribution in [0.4, 0.5) is 5.69 Å². The minimum absolute atomic E-state index is 0. The Morgan fingerprint density at radius 3 is 3.00 bits per heavy atom. The van der Waals surface area contributed by atoms with E-state index in [4.69, 9.17) is 10.5 Å². The summed E-state index contributed by atoms with van der Waals surface area (Å²) in [6.45, 7) is 2.23. The molecular formula is C12H17ClN2O2. The molecule has 17 heavy (non-hydrogen) atoms. The summed E-state index contributed by atoms with van der Waals surface area (Å²) in [6, 6.07) is 6.99. The maximum Gasteiger partial charge on any atom is 0.251 e. The molecule has 0 bridgehead atoms. The van der Waals surface area contributed by atoms with Crippen LogP contribution >= 0.6 is 12.4 Å². The fourth-order valence-corrected chi connectivity index (χ4v) is 1.76. The molecule has 0 aromatic heterocycles. The normalized spacial score (nSPS) is 18.5. The number of nitrogen functional groups attached to an aromatic ring is 1. The Balaban J connectivity index is 0.00000144. The van der Waals surface area contributed by atoms with Gasteiger partial charge in [-0.3, -0.25) is 4.79 Å². The highest BCUT2D eigenvalue weighted by Gasteiger charge is 2.16. The number of amides is 1. The van der Waals surface area contributed by atoms with E-state index in [1.165, 1.54) is 0 Å². The van der Waals surface area contributed by atoms with Crippen molar-refractivity contribution in [1.82, 2.24) is 5.32 Å². The highest BCUT2D eigenvalue weighted by atomic mass is 35.5. The van der Waals surface area contributed by atoms with Crippen molar-refractivity contribution in [1.29, 1.82) is 0 Å². The first-order chi connectivity index (χ1) is 7.75. The van der Waals surface area contributed by atoms with Crippen molar-refractivity contribution in [2.24, 2.45) is 5.92 Å². The van der Waals surface area contributed by atoms with E-state index in [9.17, 15) is 4.79 Å². The molecule has 1 aliphatic rings. The molecule has 2 rings (SSSR count). The van der Waals surface area contributed by atoms with Crippen LogP contribution in [0.1, 0.15) is 16.8 Å². The maximum atomic E-state index is 11.7. The summed E-state index contributed by atoms with van der Waals surface area (Å²) in [6.07, 6.45) is 1.03. The molecule has 1 saturated heterocycles. The van der Waals surface area contributed by atoms with Gasteiger partial charge in [0.2, 0.25) is 0 Å². The summed E-state index contributed by atoms with van der Waals surface area (Å²) < 4.78 is 5.24. The van der Waals surface area contributed by atoms with E-state index >= 15 is 0 Å². The molecule has 1 atom stereocenters. The molecule has 1 amide bonds. The van der Waals surface area contributed by atoms with Crippen LogP contribution in [-0.2, 0) is 4.74 Å². The van der Waals surface area contributed by atoms with Gasteiger partial charge in [0, 0.05) is 30.3 Å². The van der Waals surface area contributed by atoms with E-state index in [-0.39, 0.29) is 18.3 Å². The molecule has 3 N–H and O–H groups in total. The number of anilines is 1. The number of nitrogens with two attached hydrogens (primary N) is 1. The van der Waals surface area contributed by atoms with Crippen LogP contribution in [0.2, 0.25) is 0 Å². The molecule has 1 aromatic rings. The second-order valence-corrected chi connectivity index (χ2v) is 4.07. The van der Waals surface area contributed by atoms with Crippen molar-refractivity contribution >= 4 is 24.0 Å². The fourth-order valence-electron chi connectivity index (χ4n) is 1.76. The van der Waals surface area contributed by atoms with Crippen LogP contribution in [0, 0.1) is 5.92 Å². The van der Waals surface area contributed by atoms with Gasteiger partial charge in [0.15, 0.2) is 0 Å². The Labute approximate surface area is 107 Å². The number of nitrogens with one attached hydrogen (secondary N) is 1. The number of hydrogen-bond acceptors (Lipinski definition) is 3. The van der Waals surface area contributed by atoms with Gasteiger partial charge in [0.1, 0.15) is 0 Å². The molecule has 5 heteroatoms. The zero-order chi connectivity index (χ0) is 11.4. The zero-order valence-corrected chi connectivity index (χ0v) is 10.3. The second kappa shape index (κ2) is 6.47. The van der Waals surface area contributed by atoms with Gasteiger partial charge in [-0.1, -0.05) is 6.07 Å². The van der Waals surface area contributed by atoms with E-state index in [0.29, 0.717) is 23.7 Å². The number of carbonyl (C=O) groups is 1. The molecule has 1 aromatic carbocycles. The standard InChI is InChI=1S/C12H16N2O2.ClH/c13-11-3-1-2-10(6-11)12(15)14-7-9-4-5-16-8-9;/h1-3,6,9H,4-5,7-8,13H2,(H,14,15);1H. The first-order valence-electron chi connectivity index (χ1n) is 5.47. The number of halogens is 1. The predicted octanol–water partition coefficient (Wildman–Crippen LogP) is 1.46. The summed E-state index contributed by atoms with van der Waals surface area (Å²) in [5, 5.41) is 2.89. The van der Waals surface area contributed by atoms with Crippen molar-refractivity contribution in [2.45, 2.75) is 6.42 Å². The molecule has 0 saturated carbocycles. The molecule has 1 aliphatic heterocycles. The van der Waals surface area contributed by atoms with Crippen LogP contribution in [0.25, 0.3) is 0 Å². The Kier molecular flexibility index (Phi) is 5.25. The Hall–Kier alpha value is -1.26. The molecule has 4 nitrogen and oxygen atoms in total. The summed E-state index contributed by atoms with van der Waals surface area (Å²) >= 11 is 0. The summed E-state index contributed by atoms with van der Waals surface area (Å²) in [7, 11) is 0. The Bertz CT molecular complexity index is 379. The number of ether oxygens (including phenoxy) is 1. The van der Waals surface area contributed by atoms with Crippen molar-refractivity contribution < 1.29 is 9.53 Å². The molecule has 0 spiro atoms. The molecule has 0 radical (unpaired) electrons. The van der Waals surface area contributed by atoms with Crippen molar-refractivity contribution in [2.75, 3.05) is 25.5 Å². The van der Waals surface area contributed by atoms with E-state index in [1.54, 1.807) is 24.3 Å². The van der Waals surface area contributed by atoms with E-state index in [1.807, 2.05) is 0 Å². The molecular weight excluding hydrogens is 240 g/mol. The predicted molar refractivity (Wildman–Crippen MR) is 69.4 cm³/mol. The molecule has 94 valence electrons. The first kappa shape index (κ1) is 13.8. The quantitative estimate of drug-likeness (QED) is 0.805. The molecule has 1 unspecified atom stereocenters. The first-order valence-corrected chi connectivity index (χ1v) is 5.47. The van der Waals surface area contributed by atoms with Gasteiger partial charge in [0.05, 0.1) is 6.61 Å². The third-order valence-electron chi connectivity index (χ3n) is 2.72. The lowest BCUT2D eigenvalue weighted by Gasteiger charge is -2.09. The minimum atomic E-state index is -0.0702. The lowest BCUT2D eigenvalue weighted by atomic mass is 10.1. The van der Waals surface area contributed by atoms with Crippen LogP contribution in [0.5, 0.6) is 0 Å². The molecule has 1 fully saturated rings. The summed E-state index contributed by atoms with van der Waals surface area (Å²) in [4.78, 5) is 11.7. The van der Waals surface area contributed by atoms with Gasteiger partial charge in [-0.2, -0.15) is 0 Å². The number of benzene rings is 1. The van der Waals surface area contributed by atoms with E-state index in [0.717, 1.165) is 19.6 Å². The average molecular weight is 257 g/mol. The highest BCUT2D eigenvalue weighted by Crippen LogP contribution is 2.11. The number of rotatable bonds is 3. The lowest BCUT2D eigenvalue weighted by molar-refractivity contribution is 0.0945. The topological polar surface area (TPSA) is 64.4 Å². The monoisotopic (exact) mass is 256 g/mol. The van der Waals surface area contributed by atoms with E-state index in [2.05, 4.69) is 5.32 Å². The smallest absolute Gasteiger partial charge is 0.251 e. The van der Waals surface area contributed by atoms with Gasteiger partial charge >= 0.3 is 0 Å². The lowest BCUT2D eigenvalue weighted by Crippen LogP contribution is -2.29. The van der Waals surface area contributed by atoms with E-state index < -0.39 is 0 Å². The largest absolute Gasteiger partial charge is 0.399 e. The minimum Gasteiger partial charge on any atom is -0.399 e.